The van der Waals surface area contributed by atoms with E-state index < -0.39 is 0 Å². The molecule has 1 aromatic carbocycles. The maximum absolute atomic E-state index is 3.64. The maximum Gasteiger partial charge on any atom is 0.0434 e. The predicted octanol–water partition coefficient (Wildman–Crippen LogP) is 3.39. The van der Waals surface area contributed by atoms with Gasteiger partial charge in [0.05, 0.1) is 0 Å². The number of para-hydroxylation sites is 1. The molecule has 0 aromatic heterocycles. The summed E-state index contributed by atoms with van der Waals surface area (Å²) in [5, 5.41) is 3.64. The number of nitrogens with zero attached hydrogens (tertiary/aromatic N) is 1. The summed E-state index contributed by atoms with van der Waals surface area (Å²) in [7, 11) is 0. The van der Waals surface area contributed by atoms with Gasteiger partial charge in [-0.3, -0.25) is 0 Å². The van der Waals surface area contributed by atoms with Crippen molar-refractivity contribution in [3.05, 3.63) is 29.3 Å². The van der Waals surface area contributed by atoms with E-state index in [0.29, 0.717) is 6.04 Å². The van der Waals surface area contributed by atoms with Crippen LogP contribution in [-0.2, 0) is 12.8 Å². The van der Waals surface area contributed by atoms with E-state index in [2.05, 4.69) is 63.0 Å². The number of nitrogens with one attached hydrogen (secondary N) is 1. The highest BCUT2D eigenvalue weighted by molar-refractivity contribution is 5.61. The first-order chi connectivity index (χ1) is 8.98. The van der Waals surface area contributed by atoms with Crippen LogP contribution < -0.4 is 10.2 Å². The van der Waals surface area contributed by atoms with Crippen molar-refractivity contribution < 1.29 is 0 Å². The van der Waals surface area contributed by atoms with Crippen LogP contribution >= 0.6 is 0 Å². The van der Waals surface area contributed by atoms with Gasteiger partial charge in [0.1, 0.15) is 0 Å². The van der Waals surface area contributed by atoms with E-state index in [1.165, 1.54) is 16.8 Å². The highest BCUT2D eigenvalue weighted by atomic mass is 15.3. The topological polar surface area (TPSA) is 15.3 Å². The van der Waals surface area contributed by atoms with E-state index >= 15 is 0 Å². The van der Waals surface area contributed by atoms with Crippen LogP contribution in [0.2, 0.25) is 0 Å². The van der Waals surface area contributed by atoms with Gasteiger partial charge in [-0.05, 0) is 44.7 Å². The second-order valence-corrected chi connectivity index (χ2v) is 6.37. The van der Waals surface area contributed by atoms with E-state index in [1.54, 1.807) is 0 Å². The van der Waals surface area contributed by atoms with Gasteiger partial charge in [-0.15, -0.1) is 0 Å². The molecule has 1 fully saturated rings. The molecule has 1 aromatic rings. The van der Waals surface area contributed by atoms with Crippen LogP contribution in [0.5, 0.6) is 0 Å². The smallest absolute Gasteiger partial charge is 0.0434 e. The van der Waals surface area contributed by atoms with Gasteiger partial charge in [0.2, 0.25) is 0 Å². The molecule has 106 valence electrons. The molecule has 1 aliphatic rings. The van der Waals surface area contributed by atoms with Gasteiger partial charge in [0.25, 0.3) is 0 Å². The lowest BCUT2D eigenvalue weighted by Crippen LogP contribution is -2.61. The average Bonchev–Trinajstić information content (AvgIpc) is 2.40. The molecule has 1 atom stereocenters. The minimum absolute atomic E-state index is 0.193. The van der Waals surface area contributed by atoms with Gasteiger partial charge in [0, 0.05) is 30.4 Å². The molecule has 19 heavy (non-hydrogen) atoms. The number of piperazine rings is 1. The maximum atomic E-state index is 3.64. The van der Waals surface area contributed by atoms with Crippen LogP contribution in [0.4, 0.5) is 5.69 Å². The van der Waals surface area contributed by atoms with Crippen molar-refractivity contribution in [1.29, 1.82) is 0 Å². The van der Waals surface area contributed by atoms with Gasteiger partial charge in [-0.2, -0.15) is 0 Å². The number of hydrogen-bond donors (Lipinski definition) is 1. The van der Waals surface area contributed by atoms with Crippen molar-refractivity contribution in [2.45, 2.75) is 59.0 Å². The lowest BCUT2D eigenvalue weighted by molar-refractivity contribution is 0.317. The van der Waals surface area contributed by atoms with Gasteiger partial charge in [-0.25, -0.2) is 0 Å². The molecule has 0 spiro atoms. The van der Waals surface area contributed by atoms with Crippen molar-refractivity contribution >= 4 is 5.69 Å². The van der Waals surface area contributed by atoms with Crippen molar-refractivity contribution in [3.8, 4) is 0 Å². The highest BCUT2D eigenvalue weighted by Gasteiger charge is 2.31. The lowest BCUT2D eigenvalue weighted by atomic mass is 9.94. The fraction of sp³-hybridized carbons (Fsp3) is 0.647. The zero-order valence-corrected chi connectivity index (χ0v) is 13.1. The Morgan fingerprint density at radius 1 is 1.21 bits per heavy atom. The van der Waals surface area contributed by atoms with Crippen molar-refractivity contribution in [1.82, 2.24) is 5.32 Å². The Morgan fingerprint density at radius 3 is 2.32 bits per heavy atom. The molecule has 0 amide bonds. The third-order valence-corrected chi connectivity index (χ3v) is 4.23. The first kappa shape index (κ1) is 14.4. The van der Waals surface area contributed by atoms with Crippen LogP contribution in [-0.4, -0.2) is 24.7 Å². The molecule has 2 heteroatoms. The fourth-order valence-corrected chi connectivity index (χ4v) is 3.06. The standard InChI is InChI=1S/C17H28N2/c1-6-14-9-8-10-15(7-2)16(14)19-12-17(4,5)18-11-13(19)3/h8-10,13,18H,6-7,11-12H2,1-5H3. The molecule has 2 rings (SSSR count). The summed E-state index contributed by atoms with van der Waals surface area (Å²) in [5.41, 5.74) is 4.67. The lowest BCUT2D eigenvalue weighted by Gasteiger charge is -2.46. The Labute approximate surface area is 118 Å². The largest absolute Gasteiger partial charge is 0.365 e. The molecule has 1 unspecified atom stereocenters. The summed E-state index contributed by atoms with van der Waals surface area (Å²) >= 11 is 0. The van der Waals surface area contributed by atoms with Crippen LogP contribution in [0.1, 0.15) is 45.7 Å². The van der Waals surface area contributed by atoms with Crippen LogP contribution in [0, 0.1) is 0 Å². The number of anilines is 1. The van der Waals surface area contributed by atoms with E-state index in [0.717, 1.165) is 25.9 Å². The van der Waals surface area contributed by atoms with Gasteiger partial charge < -0.3 is 10.2 Å². The van der Waals surface area contributed by atoms with Crippen molar-refractivity contribution in [2.24, 2.45) is 0 Å². The van der Waals surface area contributed by atoms with Gasteiger partial charge in [-0.1, -0.05) is 32.0 Å². The van der Waals surface area contributed by atoms with Crippen LogP contribution in [0.3, 0.4) is 0 Å². The van der Waals surface area contributed by atoms with Crippen molar-refractivity contribution in [2.75, 3.05) is 18.0 Å². The predicted molar refractivity (Wildman–Crippen MR) is 84.1 cm³/mol. The number of benzene rings is 1. The van der Waals surface area contributed by atoms with Gasteiger partial charge >= 0.3 is 0 Å². The first-order valence-electron chi connectivity index (χ1n) is 7.61. The zero-order valence-electron chi connectivity index (χ0n) is 13.1. The minimum atomic E-state index is 0.193. The molecule has 1 saturated heterocycles. The molecule has 0 saturated carbocycles. The third-order valence-electron chi connectivity index (χ3n) is 4.23. The fourth-order valence-electron chi connectivity index (χ4n) is 3.06. The molecule has 1 heterocycles. The second-order valence-electron chi connectivity index (χ2n) is 6.37. The zero-order chi connectivity index (χ0) is 14.0. The Morgan fingerprint density at radius 2 is 1.79 bits per heavy atom. The molecular formula is C17H28N2. The minimum Gasteiger partial charge on any atom is -0.365 e. The van der Waals surface area contributed by atoms with Crippen molar-refractivity contribution in [3.63, 3.8) is 0 Å². The Hall–Kier alpha value is -1.02. The summed E-state index contributed by atoms with van der Waals surface area (Å²) < 4.78 is 0. The number of hydrogen-bond acceptors (Lipinski definition) is 2. The van der Waals surface area contributed by atoms with E-state index in [4.69, 9.17) is 0 Å². The summed E-state index contributed by atoms with van der Waals surface area (Å²) in [6.07, 6.45) is 2.22. The molecule has 0 radical (unpaired) electrons. The normalized spacial score (nSPS) is 22.6. The summed E-state index contributed by atoms with van der Waals surface area (Å²) in [6, 6.07) is 7.34. The quantitative estimate of drug-likeness (QED) is 0.896. The van der Waals surface area contributed by atoms with E-state index in [9.17, 15) is 0 Å². The third kappa shape index (κ3) is 2.94. The monoisotopic (exact) mass is 260 g/mol. The SMILES string of the molecule is CCc1cccc(CC)c1N1CC(C)(C)NCC1C. The van der Waals surface area contributed by atoms with E-state index in [1.807, 2.05) is 0 Å². The molecular weight excluding hydrogens is 232 g/mol. The first-order valence-corrected chi connectivity index (χ1v) is 7.61. The molecule has 1 aliphatic heterocycles. The Balaban J connectivity index is 2.44. The summed E-state index contributed by atoms with van der Waals surface area (Å²) in [4.78, 5) is 2.62. The molecule has 2 nitrogen and oxygen atoms in total. The average molecular weight is 260 g/mol. The van der Waals surface area contributed by atoms with Crippen LogP contribution in [0.15, 0.2) is 18.2 Å². The summed E-state index contributed by atoms with van der Waals surface area (Å²) in [6.45, 7) is 13.6. The highest BCUT2D eigenvalue weighted by Crippen LogP contribution is 2.31. The molecule has 0 aliphatic carbocycles. The Kier molecular flexibility index (Phi) is 4.19. The van der Waals surface area contributed by atoms with Gasteiger partial charge in [0.15, 0.2) is 0 Å². The molecule has 1 N–H and O–H groups in total. The number of aryl methyl sites for hydroxylation is 2. The second kappa shape index (κ2) is 5.54. The summed E-state index contributed by atoms with van der Waals surface area (Å²) in [5.74, 6) is 0. The Bertz CT molecular complexity index is 415. The number of rotatable bonds is 3. The van der Waals surface area contributed by atoms with E-state index in [-0.39, 0.29) is 5.54 Å². The van der Waals surface area contributed by atoms with Crippen LogP contribution in [0.25, 0.3) is 0 Å². The molecule has 0 bridgehead atoms.